The number of rotatable bonds is 5. The molecule has 1 unspecified atom stereocenters. The third-order valence-corrected chi connectivity index (χ3v) is 4.96. The molecule has 0 aromatic carbocycles. The molecule has 0 bridgehead atoms. The molecule has 0 aliphatic heterocycles. The number of hydrogen-bond acceptors (Lipinski definition) is 3. The maximum atomic E-state index is 13.0. The molecule has 24 heavy (non-hydrogen) atoms. The van der Waals surface area contributed by atoms with E-state index in [9.17, 15) is 18.0 Å². The van der Waals surface area contributed by atoms with E-state index in [4.69, 9.17) is 0 Å². The summed E-state index contributed by atoms with van der Waals surface area (Å²) in [5, 5.41) is 0.583. The molecular weight excluding hydrogens is 339 g/mol. The van der Waals surface area contributed by atoms with Gasteiger partial charge in [-0.3, -0.25) is 9.20 Å². The van der Waals surface area contributed by atoms with Gasteiger partial charge in [0, 0.05) is 12.2 Å². The van der Waals surface area contributed by atoms with Gasteiger partial charge in [-0.25, -0.2) is 4.98 Å². The summed E-state index contributed by atoms with van der Waals surface area (Å²) in [5.74, 6) is -0.513. The summed E-state index contributed by atoms with van der Waals surface area (Å²) >= 11 is 1.35. The lowest BCUT2D eigenvalue weighted by molar-refractivity contribution is -0.144. The Hall–Kier alpha value is -1.70. The second-order valence-corrected chi connectivity index (χ2v) is 6.80. The van der Waals surface area contributed by atoms with E-state index in [0.29, 0.717) is 10.7 Å². The molecule has 1 fully saturated rings. The van der Waals surface area contributed by atoms with Crippen LogP contribution in [0.1, 0.15) is 30.3 Å². The molecule has 130 valence electrons. The highest BCUT2D eigenvalue weighted by atomic mass is 32.2. The Balaban J connectivity index is 2.00. The maximum Gasteiger partial charge on any atom is 0.406 e. The van der Waals surface area contributed by atoms with Crippen LogP contribution in [0, 0.1) is 5.92 Å². The van der Waals surface area contributed by atoms with Crippen molar-refractivity contribution in [2.45, 2.75) is 37.1 Å². The van der Waals surface area contributed by atoms with Crippen LogP contribution in [-0.2, 0) is 0 Å². The molecule has 1 saturated carbocycles. The minimum Gasteiger partial charge on any atom is -0.325 e. The molecule has 0 spiro atoms. The summed E-state index contributed by atoms with van der Waals surface area (Å²) in [6.07, 6.45) is 0.863. The highest BCUT2D eigenvalue weighted by Gasteiger charge is 2.41. The van der Waals surface area contributed by atoms with Crippen molar-refractivity contribution < 1.29 is 18.0 Å². The summed E-state index contributed by atoms with van der Waals surface area (Å²) < 4.78 is 40.7. The van der Waals surface area contributed by atoms with E-state index in [-0.39, 0.29) is 11.6 Å². The van der Waals surface area contributed by atoms with E-state index in [1.807, 2.05) is 6.26 Å². The molecule has 3 rings (SSSR count). The fourth-order valence-electron chi connectivity index (χ4n) is 2.87. The van der Waals surface area contributed by atoms with Gasteiger partial charge in [0.25, 0.3) is 5.91 Å². The standard InChI is InChI=1S/C16H18F3N3OS/c1-10(11-6-7-11)22(9-16(17,18)19)14(23)13-12-5-3-4-8-21(12)15(20-13)24-2/h3-5,8,10-11H,6-7,9H2,1-2H3. The molecule has 1 aliphatic rings. The SMILES string of the molecule is CSc1nc(C(=O)N(CC(F)(F)F)C(C)C2CC2)c2ccccn12. The third kappa shape index (κ3) is 3.38. The van der Waals surface area contributed by atoms with Gasteiger partial charge in [-0.2, -0.15) is 13.2 Å². The number of pyridine rings is 1. The molecule has 0 N–H and O–H groups in total. The van der Waals surface area contributed by atoms with Gasteiger partial charge < -0.3 is 4.90 Å². The molecule has 1 atom stereocenters. The number of thioether (sulfide) groups is 1. The average Bonchev–Trinajstić information content (AvgIpc) is 3.31. The minimum absolute atomic E-state index is 0.0803. The number of nitrogens with zero attached hydrogens (tertiary/aromatic N) is 3. The van der Waals surface area contributed by atoms with Gasteiger partial charge in [-0.1, -0.05) is 17.8 Å². The molecule has 0 saturated heterocycles. The Bertz CT molecular complexity index is 755. The van der Waals surface area contributed by atoms with Gasteiger partial charge in [0.1, 0.15) is 6.54 Å². The summed E-state index contributed by atoms with van der Waals surface area (Å²) in [6, 6.07) is 4.80. The van der Waals surface area contributed by atoms with Crippen molar-refractivity contribution in [3.05, 3.63) is 30.1 Å². The Morgan fingerprint density at radius 2 is 2.17 bits per heavy atom. The Labute approximate surface area is 142 Å². The van der Waals surface area contributed by atoms with E-state index in [2.05, 4.69) is 4.98 Å². The quantitative estimate of drug-likeness (QED) is 0.763. The van der Waals surface area contributed by atoms with Crippen LogP contribution in [0.25, 0.3) is 5.52 Å². The van der Waals surface area contributed by atoms with Crippen LogP contribution in [0.3, 0.4) is 0 Å². The van der Waals surface area contributed by atoms with Crippen LogP contribution >= 0.6 is 11.8 Å². The number of fused-ring (bicyclic) bond motifs is 1. The van der Waals surface area contributed by atoms with Crippen LogP contribution in [-0.4, -0.2) is 45.2 Å². The average molecular weight is 357 g/mol. The van der Waals surface area contributed by atoms with Crippen molar-refractivity contribution in [1.82, 2.24) is 14.3 Å². The number of alkyl halides is 3. The molecular formula is C16H18F3N3OS. The molecule has 0 radical (unpaired) electrons. The largest absolute Gasteiger partial charge is 0.406 e. The fourth-order valence-corrected chi connectivity index (χ4v) is 3.41. The molecule has 1 amide bonds. The smallest absolute Gasteiger partial charge is 0.325 e. The van der Waals surface area contributed by atoms with E-state index >= 15 is 0 Å². The van der Waals surface area contributed by atoms with Gasteiger partial charge in [0.05, 0.1) is 5.52 Å². The molecule has 2 aromatic heterocycles. The lowest BCUT2D eigenvalue weighted by Crippen LogP contribution is -2.45. The molecule has 8 heteroatoms. The first-order chi connectivity index (χ1) is 11.3. The monoisotopic (exact) mass is 357 g/mol. The highest BCUT2D eigenvalue weighted by molar-refractivity contribution is 7.98. The fraction of sp³-hybridized carbons (Fsp3) is 0.500. The molecule has 1 aliphatic carbocycles. The number of halogens is 3. The van der Waals surface area contributed by atoms with Gasteiger partial charge in [-0.05, 0) is 44.1 Å². The first-order valence-electron chi connectivity index (χ1n) is 7.70. The zero-order valence-corrected chi connectivity index (χ0v) is 14.2. The van der Waals surface area contributed by atoms with Gasteiger partial charge >= 0.3 is 6.18 Å². The predicted octanol–water partition coefficient (Wildman–Crippen LogP) is 3.86. The number of carbonyl (C=O) groups is 1. The highest BCUT2D eigenvalue weighted by Crippen LogP contribution is 2.37. The number of amides is 1. The van der Waals surface area contributed by atoms with E-state index in [1.54, 1.807) is 35.7 Å². The summed E-state index contributed by atoms with van der Waals surface area (Å²) in [5.41, 5.74) is 0.610. The summed E-state index contributed by atoms with van der Waals surface area (Å²) in [6.45, 7) is 0.443. The van der Waals surface area contributed by atoms with Crippen LogP contribution < -0.4 is 0 Å². The lowest BCUT2D eigenvalue weighted by atomic mass is 10.1. The van der Waals surface area contributed by atoms with E-state index < -0.39 is 24.7 Å². The van der Waals surface area contributed by atoms with Crippen LogP contribution in [0.2, 0.25) is 0 Å². The van der Waals surface area contributed by atoms with Crippen molar-refractivity contribution in [3.8, 4) is 0 Å². The predicted molar refractivity (Wildman–Crippen MR) is 86.3 cm³/mol. The first kappa shape index (κ1) is 17.1. The number of hydrogen-bond donors (Lipinski definition) is 0. The van der Waals surface area contributed by atoms with Crippen molar-refractivity contribution in [2.24, 2.45) is 5.92 Å². The van der Waals surface area contributed by atoms with Gasteiger partial charge in [0.15, 0.2) is 10.9 Å². The number of carbonyl (C=O) groups excluding carboxylic acids is 1. The Morgan fingerprint density at radius 1 is 1.46 bits per heavy atom. The van der Waals surface area contributed by atoms with Crippen molar-refractivity contribution in [2.75, 3.05) is 12.8 Å². The second kappa shape index (κ2) is 6.31. The van der Waals surface area contributed by atoms with Crippen LogP contribution in [0.4, 0.5) is 13.2 Å². The minimum atomic E-state index is -4.43. The second-order valence-electron chi connectivity index (χ2n) is 6.03. The van der Waals surface area contributed by atoms with Crippen molar-refractivity contribution in [3.63, 3.8) is 0 Å². The molecule has 2 heterocycles. The normalized spacial score (nSPS) is 16.4. The van der Waals surface area contributed by atoms with Crippen LogP contribution in [0.15, 0.2) is 29.6 Å². The van der Waals surface area contributed by atoms with Crippen LogP contribution in [0.5, 0.6) is 0 Å². The van der Waals surface area contributed by atoms with Crippen molar-refractivity contribution in [1.29, 1.82) is 0 Å². The Morgan fingerprint density at radius 3 is 2.75 bits per heavy atom. The third-order valence-electron chi connectivity index (χ3n) is 4.31. The first-order valence-corrected chi connectivity index (χ1v) is 8.93. The zero-order chi connectivity index (χ0) is 17.5. The summed E-state index contributed by atoms with van der Waals surface area (Å²) in [4.78, 5) is 18.1. The molecule has 2 aromatic rings. The van der Waals surface area contributed by atoms with E-state index in [1.165, 1.54) is 11.8 Å². The molecule has 4 nitrogen and oxygen atoms in total. The lowest BCUT2D eigenvalue weighted by Gasteiger charge is -2.29. The Kier molecular flexibility index (Phi) is 4.50. The zero-order valence-electron chi connectivity index (χ0n) is 13.4. The van der Waals surface area contributed by atoms with E-state index in [0.717, 1.165) is 17.7 Å². The van der Waals surface area contributed by atoms with Gasteiger partial charge in [-0.15, -0.1) is 0 Å². The number of aromatic nitrogens is 2. The van der Waals surface area contributed by atoms with Crippen molar-refractivity contribution >= 4 is 23.2 Å². The topological polar surface area (TPSA) is 37.6 Å². The maximum absolute atomic E-state index is 13.0. The number of imidazole rings is 1. The van der Waals surface area contributed by atoms with Gasteiger partial charge in [0.2, 0.25) is 0 Å². The summed E-state index contributed by atoms with van der Waals surface area (Å²) in [7, 11) is 0.